The minimum Gasteiger partial charge on any atom is -0.208 e. The topological polar surface area (TPSA) is 38.7 Å². The molecule has 294 valence electrons. The van der Waals surface area contributed by atoms with Crippen LogP contribution in [-0.2, 0) is 5.41 Å². The predicted molar refractivity (Wildman–Crippen MR) is 259 cm³/mol. The van der Waals surface area contributed by atoms with Gasteiger partial charge in [-0.3, -0.25) is 0 Å². The molecule has 3 nitrogen and oxygen atoms in total. The van der Waals surface area contributed by atoms with Crippen molar-refractivity contribution in [1.29, 1.82) is 0 Å². The molecule has 0 amide bonds. The molecule has 0 aliphatic heterocycles. The molecule has 0 saturated heterocycles. The van der Waals surface area contributed by atoms with Gasteiger partial charge in [0.2, 0.25) is 0 Å². The predicted octanol–water partition coefficient (Wildman–Crippen LogP) is 14.9. The Morgan fingerprint density at radius 2 is 0.746 bits per heavy atom. The van der Waals surface area contributed by atoms with Gasteiger partial charge in [-0.15, -0.1) is 0 Å². The van der Waals surface area contributed by atoms with Gasteiger partial charge >= 0.3 is 0 Å². The van der Waals surface area contributed by atoms with Crippen molar-refractivity contribution in [2.45, 2.75) is 5.41 Å². The van der Waals surface area contributed by atoms with Crippen molar-refractivity contribution in [2.24, 2.45) is 0 Å². The molecule has 0 bridgehead atoms. The standard InChI is InChI=1S/C60H39N3/c1-5-18-40(19-6-1)49-29-15-22-41-23-16-31-52(55(41)49)59-62-57(42-20-7-2-8-21-42)61-58(63-59)46-37-35-43-38-45(36-34-44(43)39-46)50-30-17-33-54-56(50)51-28-13-14-32-53(51)60(54,47-24-9-3-10-25-47)48-26-11-4-12-27-48/h1-39H. The fourth-order valence-corrected chi connectivity index (χ4v) is 10.0. The fourth-order valence-electron chi connectivity index (χ4n) is 10.0. The van der Waals surface area contributed by atoms with Crippen LogP contribution >= 0.6 is 0 Å². The molecule has 12 rings (SSSR count). The first-order chi connectivity index (χ1) is 31.2. The second-order valence-corrected chi connectivity index (χ2v) is 16.3. The van der Waals surface area contributed by atoms with E-state index in [4.69, 9.17) is 15.0 Å². The van der Waals surface area contributed by atoms with Crippen molar-refractivity contribution in [3.05, 3.63) is 259 Å². The first kappa shape index (κ1) is 36.6. The molecule has 1 aliphatic rings. The van der Waals surface area contributed by atoms with E-state index in [-0.39, 0.29) is 0 Å². The van der Waals surface area contributed by atoms with Crippen LogP contribution in [0.3, 0.4) is 0 Å². The van der Waals surface area contributed by atoms with Crippen molar-refractivity contribution >= 4 is 21.5 Å². The minimum absolute atomic E-state index is 0.451. The second-order valence-electron chi connectivity index (χ2n) is 16.3. The van der Waals surface area contributed by atoms with Crippen LogP contribution in [0.2, 0.25) is 0 Å². The average molecular weight is 802 g/mol. The molecule has 0 saturated carbocycles. The molecule has 0 fully saturated rings. The number of hydrogen-bond donors (Lipinski definition) is 0. The maximum atomic E-state index is 5.26. The molecule has 63 heavy (non-hydrogen) atoms. The van der Waals surface area contributed by atoms with Gasteiger partial charge < -0.3 is 0 Å². The molecule has 0 N–H and O–H groups in total. The summed E-state index contributed by atoms with van der Waals surface area (Å²) in [6.07, 6.45) is 0. The van der Waals surface area contributed by atoms with E-state index in [2.05, 4.69) is 218 Å². The number of rotatable bonds is 7. The van der Waals surface area contributed by atoms with Gasteiger partial charge in [0.05, 0.1) is 5.41 Å². The van der Waals surface area contributed by atoms with E-state index in [0.717, 1.165) is 49.4 Å². The Morgan fingerprint density at radius 3 is 1.43 bits per heavy atom. The van der Waals surface area contributed by atoms with Crippen molar-refractivity contribution in [3.8, 4) is 67.5 Å². The highest BCUT2D eigenvalue weighted by Gasteiger charge is 2.46. The first-order valence-electron chi connectivity index (χ1n) is 21.5. The highest BCUT2D eigenvalue weighted by Crippen LogP contribution is 2.58. The van der Waals surface area contributed by atoms with Crippen molar-refractivity contribution in [1.82, 2.24) is 15.0 Å². The molecular weight excluding hydrogens is 763 g/mol. The van der Waals surface area contributed by atoms with Crippen LogP contribution in [0.4, 0.5) is 0 Å². The minimum atomic E-state index is -0.451. The smallest absolute Gasteiger partial charge is 0.164 e. The highest BCUT2D eigenvalue weighted by molar-refractivity contribution is 6.06. The summed E-state index contributed by atoms with van der Waals surface area (Å²) in [5, 5.41) is 4.52. The molecule has 10 aromatic carbocycles. The quantitative estimate of drug-likeness (QED) is 0.161. The largest absolute Gasteiger partial charge is 0.208 e. The van der Waals surface area contributed by atoms with Crippen LogP contribution in [-0.4, -0.2) is 15.0 Å². The summed E-state index contributed by atoms with van der Waals surface area (Å²) in [6.45, 7) is 0. The van der Waals surface area contributed by atoms with E-state index in [1.807, 2.05) is 18.2 Å². The molecule has 1 aromatic heterocycles. The van der Waals surface area contributed by atoms with Gasteiger partial charge in [-0.05, 0) is 83.9 Å². The number of nitrogens with zero attached hydrogens (tertiary/aromatic N) is 3. The third-order valence-electron chi connectivity index (χ3n) is 12.8. The van der Waals surface area contributed by atoms with Crippen LogP contribution in [0.1, 0.15) is 22.3 Å². The second kappa shape index (κ2) is 15.0. The third-order valence-corrected chi connectivity index (χ3v) is 12.8. The van der Waals surface area contributed by atoms with Crippen molar-refractivity contribution in [3.63, 3.8) is 0 Å². The van der Waals surface area contributed by atoms with Crippen molar-refractivity contribution in [2.75, 3.05) is 0 Å². The Hall–Kier alpha value is -8.27. The van der Waals surface area contributed by atoms with E-state index in [1.54, 1.807) is 0 Å². The summed E-state index contributed by atoms with van der Waals surface area (Å²) < 4.78 is 0. The Balaban J connectivity index is 1.000. The molecule has 0 atom stereocenters. The van der Waals surface area contributed by atoms with Gasteiger partial charge in [0.1, 0.15) is 0 Å². The van der Waals surface area contributed by atoms with Crippen LogP contribution in [0.25, 0.3) is 89.1 Å². The van der Waals surface area contributed by atoms with Gasteiger partial charge in [-0.1, -0.05) is 224 Å². The van der Waals surface area contributed by atoms with Crippen LogP contribution in [0, 0.1) is 0 Å². The van der Waals surface area contributed by atoms with E-state index >= 15 is 0 Å². The van der Waals surface area contributed by atoms with E-state index < -0.39 is 5.41 Å². The van der Waals surface area contributed by atoms with Gasteiger partial charge in [-0.2, -0.15) is 0 Å². The Kier molecular flexibility index (Phi) is 8.72. The third kappa shape index (κ3) is 6.01. The lowest BCUT2D eigenvalue weighted by molar-refractivity contribution is 0.768. The highest BCUT2D eigenvalue weighted by atomic mass is 15.0. The van der Waals surface area contributed by atoms with Crippen LogP contribution < -0.4 is 0 Å². The van der Waals surface area contributed by atoms with Crippen LogP contribution in [0.5, 0.6) is 0 Å². The molecule has 3 heteroatoms. The monoisotopic (exact) mass is 801 g/mol. The maximum Gasteiger partial charge on any atom is 0.164 e. The maximum absolute atomic E-state index is 5.26. The lowest BCUT2D eigenvalue weighted by Gasteiger charge is -2.34. The summed E-state index contributed by atoms with van der Waals surface area (Å²) in [4.78, 5) is 15.6. The normalized spacial score (nSPS) is 12.6. The fraction of sp³-hybridized carbons (Fsp3) is 0.0167. The molecule has 1 heterocycles. The Labute approximate surface area is 366 Å². The summed E-state index contributed by atoms with van der Waals surface area (Å²) in [6, 6.07) is 84.8. The summed E-state index contributed by atoms with van der Waals surface area (Å²) in [5.74, 6) is 1.92. The number of benzene rings is 10. The molecule has 1 aliphatic carbocycles. The zero-order valence-electron chi connectivity index (χ0n) is 34.4. The van der Waals surface area contributed by atoms with Gasteiger partial charge in [0.15, 0.2) is 17.5 Å². The molecule has 0 spiro atoms. The first-order valence-corrected chi connectivity index (χ1v) is 21.5. The zero-order valence-corrected chi connectivity index (χ0v) is 34.4. The SMILES string of the molecule is c1ccc(-c2nc(-c3ccc4cc(-c5cccc6c5-c5ccccc5C6(c5ccccc5)c5ccccc5)ccc4c3)nc(-c3cccc4cccc(-c5ccccc5)c34)n2)cc1. The van der Waals surface area contributed by atoms with E-state index in [1.165, 1.54) is 44.5 Å². The number of fused-ring (bicyclic) bond motifs is 5. The van der Waals surface area contributed by atoms with Crippen LogP contribution in [0.15, 0.2) is 237 Å². The van der Waals surface area contributed by atoms with E-state index in [9.17, 15) is 0 Å². The average Bonchev–Trinajstić information content (AvgIpc) is 3.68. The Morgan fingerprint density at radius 1 is 0.270 bits per heavy atom. The molecule has 0 unspecified atom stereocenters. The van der Waals surface area contributed by atoms with Gasteiger partial charge in [-0.25, -0.2) is 15.0 Å². The van der Waals surface area contributed by atoms with Gasteiger partial charge in [0, 0.05) is 22.1 Å². The van der Waals surface area contributed by atoms with E-state index in [0.29, 0.717) is 17.5 Å². The Bertz CT molecular complexity index is 3450. The number of aromatic nitrogens is 3. The molecule has 11 aromatic rings. The lowest BCUT2D eigenvalue weighted by Crippen LogP contribution is -2.28. The summed E-state index contributed by atoms with van der Waals surface area (Å²) in [7, 11) is 0. The lowest BCUT2D eigenvalue weighted by atomic mass is 9.67. The molecular formula is C60H39N3. The number of hydrogen-bond acceptors (Lipinski definition) is 3. The zero-order chi connectivity index (χ0) is 41.7. The van der Waals surface area contributed by atoms with Gasteiger partial charge in [0.25, 0.3) is 0 Å². The molecule has 0 radical (unpaired) electrons. The summed E-state index contributed by atoms with van der Waals surface area (Å²) in [5.41, 5.74) is 14.8. The summed E-state index contributed by atoms with van der Waals surface area (Å²) >= 11 is 0. The van der Waals surface area contributed by atoms with Crippen molar-refractivity contribution < 1.29 is 0 Å².